The lowest BCUT2D eigenvalue weighted by atomic mass is 9.69. The normalized spacial score (nSPS) is 34.5. The van der Waals surface area contributed by atoms with Gasteiger partial charge in [0, 0.05) is 6.42 Å². The van der Waals surface area contributed by atoms with Crippen LogP contribution in [0, 0.1) is 24.2 Å². The van der Waals surface area contributed by atoms with Gasteiger partial charge in [0.25, 0.3) is 0 Å². The van der Waals surface area contributed by atoms with Gasteiger partial charge in [-0.1, -0.05) is 26.7 Å². The molecule has 0 amide bonds. The van der Waals surface area contributed by atoms with E-state index in [1.165, 1.54) is 6.42 Å². The molecule has 0 aromatic heterocycles. The molecule has 13 heavy (non-hydrogen) atoms. The zero-order chi connectivity index (χ0) is 9.90. The van der Waals surface area contributed by atoms with Crippen LogP contribution in [0.25, 0.3) is 0 Å². The maximum atomic E-state index is 10.4. The van der Waals surface area contributed by atoms with Crippen LogP contribution < -0.4 is 0 Å². The molecule has 1 heteroatoms. The molecule has 1 saturated carbocycles. The first-order valence-corrected chi connectivity index (χ1v) is 5.26. The Kier molecular flexibility index (Phi) is 3.39. The van der Waals surface area contributed by atoms with Crippen LogP contribution in [0.15, 0.2) is 0 Å². The van der Waals surface area contributed by atoms with Crippen LogP contribution in [0.2, 0.25) is 0 Å². The minimum atomic E-state index is -0.568. The maximum Gasteiger partial charge on any atom is 0.0786 e. The third-order valence-corrected chi connectivity index (χ3v) is 3.28. The van der Waals surface area contributed by atoms with Crippen molar-refractivity contribution in [3.05, 3.63) is 0 Å². The summed E-state index contributed by atoms with van der Waals surface area (Å²) in [5.41, 5.74) is -0.568. The molecule has 0 aliphatic heterocycles. The van der Waals surface area contributed by atoms with E-state index in [4.69, 9.17) is 6.42 Å². The van der Waals surface area contributed by atoms with Crippen LogP contribution in [0.3, 0.4) is 0 Å². The topological polar surface area (TPSA) is 20.2 Å². The molecule has 2 atom stereocenters. The highest BCUT2D eigenvalue weighted by molar-refractivity contribution is 5.00. The summed E-state index contributed by atoms with van der Waals surface area (Å²) in [6.45, 7) is 4.36. The minimum Gasteiger partial charge on any atom is -0.389 e. The summed E-state index contributed by atoms with van der Waals surface area (Å²) in [7, 11) is 0. The predicted molar refractivity (Wildman–Crippen MR) is 55.2 cm³/mol. The summed E-state index contributed by atoms with van der Waals surface area (Å²) in [5.74, 6) is 3.55. The molecule has 1 aliphatic carbocycles. The molecule has 1 fully saturated rings. The van der Waals surface area contributed by atoms with E-state index in [0.29, 0.717) is 18.3 Å². The van der Waals surface area contributed by atoms with Gasteiger partial charge in [0.2, 0.25) is 0 Å². The summed E-state index contributed by atoms with van der Waals surface area (Å²) < 4.78 is 0. The molecule has 0 aromatic rings. The second-order valence-electron chi connectivity index (χ2n) is 4.58. The zero-order valence-electron chi connectivity index (χ0n) is 8.71. The van der Waals surface area contributed by atoms with E-state index in [9.17, 15) is 5.11 Å². The van der Waals surface area contributed by atoms with Gasteiger partial charge in [0.05, 0.1) is 5.60 Å². The van der Waals surface area contributed by atoms with Gasteiger partial charge in [-0.2, -0.15) is 0 Å². The van der Waals surface area contributed by atoms with Crippen LogP contribution in [0.1, 0.15) is 46.0 Å². The first kappa shape index (κ1) is 10.6. The smallest absolute Gasteiger partial charge is 0.0786 e. The van der Waals surface area contributed by atoms with Gasteiger partial charge in [0.15, 0.2) is 0 Å². The Morgan fingerprint density at radius 1 is 1.54 bits per heavy atom. The van der Waals surface area contributed by atoms with E-state index in [-0.39, 0.29) is 0 Å². The molecule has 0 aromatic carbocycles. The minimum absolute atomic E-state index is 0.400. The lowest BCUT2D eigenvalue weighted by Crippen LogP contribution is -2.42. The number of aliphatic hydroxyl groups is 1. The molecule has 0 radical (unpaired) electrons. The molecule has 0 heterocycles. The largest absolute Gasteiger partial charge is 0.389 e. The van der Waals surface area contributed by atoms with Crippen molar-refractivity contribution in [2.24, 2.45) is 11.8 Å². The van der Waals surface area contributed by atoms with Gasteiger partial charge in [-0.3, -0.25) is 0 Å². The van der Waals surface area contributed by atoms with Gasteiger partial charge >= 0.3 is 0 Å². The standard InChI is InChI=1S/C12H20O/c1-4-8-12(13)9-6-5-7-11(12)10(2)3/h1,10-11,13H,5-9H2,2-3H3. The van der Waals surface area contributed by atoms with Crippen LogP contribution in [-0.4, -0.2) is 10.7 Å². The van der Waals surface area contributed by atoms with Crippen molar-refractivity contribution < 1.29 is 5.11 Å². The van der Waals surface area contributed by atoms with Crippen LogP contribution >= 0.6 is 0 Å². The second-order valence-corrected chi connectivity index (χ2v) is 4.58. The van der Waals surface area contributed by atoms with Gasteiger partial charge in [-0.25, -0.2) is 0 Å². The van der Waals surface area contributed by atoms with E-state index < -0.39 is 5.60 Å². The molecule has 0 saturated heterocycles. The first-order chi connectivity index (χ1) is 6.10. The van der Waals surface area contributed by atoms with Crippen LogP contribution in [0.4, 0.5) is 0 Å². The Labute approximate surface area is 81.5 Å². The molecule has 1 N–H and O–H groups in total. The first-order valence-electron chi connectivity index (χ1n) is 5.26. The Morgan fingerprint density at radius 3 is 2.77 bits per heavy atom. The van der Waals surface area contributed by atoms with E-state index in [1.807, 2.05) is 0 Å². The molecule has 1 rings (SSSR count). The highest BCUT2D eigenvalue weighted by Gasteiger charge is 2.39. The summed E-state index contributed by atoms with van der Waals surface area (Å²) >= 11 is 0. The van der Waals surface area contributed by atoms with E-state index in [2.05, 4.69) is 19.8 Å². The van der Waals surface area contributed by atoms with E-state index >= 15 is 0 Å². The highest BCUT2D eigenvalue weighted by atomic mass is 16.3. The van der Waals surface area contributed by atoms with Crippen molar-refractivity contribution in [3.63, 3.8) is 0 Å². The lowest BCUT2D eigenvalue weighted by molar-refractivity contribution is -0.0615. The summed E-state index contributed by atoms with van der Waals surface area (Å²) in [4.78, 5) is 0. The van der Waals surface area contributed by atoms with Crippen molar-refractivity contribution in [3.8, 4) is 12.3 Å². The quantitative estimate of drug-likeness (QED) is 0.648. The summed E-state index contributed by atoms with van der Waals surface area (Å²) in [6.07, 6.45) is 10.2. The van der Waals surface area contributed by atoms with Crippen LogP contribution in [0.5, 0.6) is 0 Å². The number of terminal acetylenes is 1. The third-order valence-electron chi connectivity index (χ3n) is 3.28. The molecule has 0 spiro atoms. The van der Waals surface area contributed by atoms with Crippen molar-refractivity contribution in [2.45, 2.75) is 51.6 Å². The molecule has 1 nitrogen and oxygen atoms in total. The number of hydrogen-bond donors (Lipinski definition) is 1. The summed E-state index contributed by atoms with van der Waals surface area (Å²) in [6, 6.07) is 0. The fourth-order valence-electron chi connectivity index (χ4n) is 2.60. The number of hydrogen-bond acceptors (Lipinski definition) is 1. The van der Waals surface area contributed by atoms with Crippen LogP contribution in [-0.2, 0) is 0 Å². The monoisotopic (exact) mass is 180 g/mol. The average molecular weight is 180 g/mol. The fourth-order valence-corrected chi connectivity index (χ4v) is 2.60. The molecular weight excluding hydrogens is 160 g/mol. The molecular formula is C12H20O. The van der Waals surface area contributed by atoms with Crippen molar-refractivity contribution in [1.29, 1.82) is 0 Å². The van der Waals surface area contributed by atoms with E-state index in [0.717, 1.165) is 19.3 Å². The maximum absolute atomic E-state index is 10.4. The average Bonchev–Trinajstić information content (AvgIpc) is 2.04. The SMILES string of the molecule is C#CCC1(O)CCCCC1C(C)C. The Bertz CT molecular complexity index is 202. The Balaban J connectivity index is 2.72. The van der Waals surface area contributed by atoms with Gasteiger partial charge in [-0.05, 0) is 24.7 Å². The van der Waals surface area contributed by atoms with Gasteiger partial charge in [-0.15, -0.1) is 12.3 Å². The Morgan fingerprint density at radius 2 is 2.23 bits per heavy atom. The molecule has 1 aliphatic rings. The zero-order valence-corrected chi connectivity index (χ0v) is 8.71. The highest BCUT2D eigenvalue weighted by Crippen LogP contribution is 2.40. The van der Waals surface area contributed by atoms with Crippen molar-refractivity contribution in [2.75, 3.05) is 0 Å². The fraction of sp³-hybridized carbons (Fsp3) is 0.833. The Hall–Kier alpha value is -0.480. The van der Waals surface area contributed by atoms with Gasteiger partial charge in [0.1, 0.15) is 0 Å². The summed E-state index contributed by atoms with van der Waals surface area (Å²) in [5, 5.41) is 10.4. The van der Waals surface area contributed by atoms with E-state index in [1.54, 1.807) is 0 Å². The van der Waals surface area contributed by atoms with Crippen molar-refractivity contribution >= 4 is 0 Å². The third kappa shape index (κ3) is 2.25. The van der Waals surface area contributed by atoms with Gasteiger partial charge < -0.3 is 5.11 Å². The molecule has 2 unspecified atom stereocenters. The van der Waals surface area contributed by atoms with Crippen molar-refractivity contribution in [1.82, 2.24) is 0 Å². The predicted octanol–water partition coefficient (Wildman–Crippen LogP) is 2.59. The molecule has 0 bridgehead atoms. The molecule has 74 valence electrons. The second kappa shape index (κ2) is 4.15. The number of rotatable bonds is 2. The lowest BCUT2D eigenvalue weighted by Gasteiger charge is -2.41.